The topological polar surface area (TPSA) is 26.0 Å². The molecule has 2 heteroatoms. The van der Waals surface area contributed by atoms with Gasteiger partial charge in [-0.25, -0.2) is 0 Å². The van der Waals surface area contributed by atoms with Gasteiger partial charge in [-0.05, 0) is 12.1 Å². The van der Waals surface area contributed by atoms with E-state index in [4.69, 9.17) is 5.73 Å². The fraction of sp³-hybridized carbons (Fsp3) is 0.200. The number of rotatable bonds is 4. The minimum atomic E-state index is 0.583. The largest absolute Gasteiger partial charge is 0.327 e. The van der Waals surface area contributed by atoms with Gasteiger partial charge in [-0.1, -0.05) is 30.4 Å². The smallest absolute Gasteiger partial charge is 0.0200 e. The maximum Gasteiger partial charge on any atom is 0.0200 e. The molecule has 12 heavy (non-hydrogen) atoms. The lowest BCUT2D eigenvalue weighted by molar-refractivity contribution is 1.15. The predicted octanol–water partition coefficient (Wildman–Crippen LogP) is 2.29. The molecule has 0 aliphatic heterocycles. The Bertz CT molecular complexity index is 243. The molecule has 64 valence electrons. The van der Waals surface area contributed by atoms with Gasteiger partial charge in [0.2, 0.25) is 0 Å². The molecule has 0 amide bonds. The Morgan fingerprint density at radius 3 is 2.58 bits per heavy atom. The molecule has 0 bridgehead atoms. The summed E-state index contributed by atoms with van der Waals surface area (Å²) < 4.78 is 0. The summed E-state index contributed by atoms with van der Waals surface area (Å²) in [5, 5.41) is 0. The molecule has 1 aromatic carbocycles. The number of nitrogens with two attached hydrogens (primary N) is 1. The van der Waals surface area contributed by atoms with Crippen molar-refractivity contribution in [3.05, 3.63) is 42.5 Å². The Morgan fingerprint density at radius 1 is 1.33 bits per heavy atom. The van der Waals surface area contributed by atoms with Gasteiger partial charge in [-0.2, -0.15) is 0 Å². The highest BCUT2D eigenvalue weighted by Crippen LogP contribution is 2.18. The summed E-state index contributed by atoms with van der Waals surface area (Å²) >= 11 is 1.77. The molecule has 0 atom stereocenters. The maximum absolute atomic E-state index is 5.42. The first-order valence-corrected chi connectivity index (χ1v) is 4.86. The Labute approximate surface area is 77.7 Å². The third kappa shape index (κ3) is 3.11. The van der Waals surface area contributed by atoms with E-state index in [1.54, 1.807) is 11.8 Å². The molecular weight excluding hydrogens is 166 g/mol. The van der Waals surface area contributed by atoms with Crippen LogP contribution in [0.25, 0.3) is 0 Å². The molecule has 0 aliphatic carbocycles. The van der Waals surface area contributed by atoms with Gasteiger partial charge in [-0.3, -0.25) is 0 Å². The zero-order chi connectivity index (χ0) is 8.81. The van der Waals surface area contributed by atoms with Crippen LogP contribution in [0.4, 0.5) is 0 Å². The lowest BCUT2D eigenvalue weighted by Gasteiger charge is -2.01. The first kappa shape index (κ1) is 9.36. The van der Waals surface area contributed by atoms with Gasteiger partial charge < -0.3 is 5.73 Å². The Kier molecular flexibility index (Phi) is 3.91. The van der Waals surface area contributed by atoms with Crippen LogP contribution >= 0.6 is 11.8 Å². The van der Waals surface area contributed by atoms with Gasteiger partial charge in [0.05, 0.1) is 0 Å². The lowest BCUT2D eigenvalue weighted by Crippen LogP contribution is -2.03. The second-order valence-corrected chi connectivity index (χ2v) is 3.60. The van der Waals surface area contributed by atoms with Crippen LogP contribution in [0.5, 0.6) is 0 Å². The lowest BCUT2D eigenvalue weighted by atomic mass is 10.4. The van der Waals surface area contributed by atoms with E-state index in [0.29, 0.717) is 6.54 Å². The second kappa shape index (κ2) is 5.01. The van der Waals surface area contributed by atoms with Crippen molar-refractivity contribution in [3.63, 3.8) is 0 Å². The quantitative estimate of drug-likeness (QED) is 0.567. The summed E-state index contributed by atoms with van der Waals surface area (Å²) in [6.07, 6.45) is 0. The predicted molar refractivity (Wildman–Crippen MR) is 55.4 cm³/mol. The average Bonchev–Trinajstić information content (AvgIpc) is 2.16. The number of hydrogen-bond donors (Lipinski definition) is 1. The van der Waals surface area contributed by atoms with Crippen molar-refractivity contribution in [2.45, 2.75) is 4.90 Å². The van der Waals surface area contributed by atoms with Crippen LogP contribution < -0.4 is 5.73 Å². The fourth-order valence-corrected chi connectivity index (χ4v) is 1.60. The summed E-state index contributed by atoms with van der Waals surface area (Å²) in [5.41, 5.74) is 6.51. The molecule has 0 aromatic heterocycles. The summed E-state index contributed by atoms with van der Waals surface area (Å²) in [7, 11) is 0. The normalized spacial score (nSPS) is 9.75. The van der Waals surface area contributed by atoms with Crippen LogP contribution in [-0.4, -0.2) is 12.3 Å². The molecule has 0 saturated carbocycles. The van der Waals surface area contributed by atoms with Crippen molar-refractivity contribution in [3.8, 4) is 0 Å². The molecule has 0 radical (unpaired) electrons. The highest BCUT2D eigenvalue weighted by molar-refractivity contribution is 7.99. The van der Waals surface area contributed by atoms with Crippen LogP contribution in [0.15, 0.2) is 47.4 Å². The van der Waals surface area contributed by atoms with Crippen LogP contribution in [0.2, 0.25) is 0 Å². The zero-order valence-corrected chi connectivity index (χ0v) is 7.81. The molecule has 0 fully saturated rings. The van der Waals surface area contributed by atoms with Crippen LogP contribution in [0.3, 0.4) is 0 Å². The van der Waals surface area contributed by atoms with E-state index in [1.807, 2.05) is 18.2 Å². The molecule has 2 N–H and O–H groups in total. The molecule has 1 nitrogen and oxygen atoms in total. The van der Waals surface area contributed by atoms with E-state index in [2.05, 4.69) is 18.7 Å². The first-order chi connectivity index (χ1) is 5.83. The molecule has 0 spiro atoms. The standard InChI is InChI=1S/C10H13NS/c1-9(7-11)8-12-10-5-3-2-4-6-10/h2-6H,1,7-8,11H2. The minimum absolute atomic E-state index is 0.583. The molecule has 0 unspecified atom stereocenters. The van der Waals surface area contributed by atoms with Crippen molar-refractivity contribution in [2.75, 3.05) is 12.3 Å². The summed E-state index contributed by atoms with van der Waals surface area (Å²) in [6, 6.07) is 10.3. The molecule has 1 rings (SSSR count). The highest BCUT2D eigenvalue weighted by Gasteiger charge is 1.93. The number of benzene rings is 1. The second-order valence-electron chi connectivity index (χ2n) is 2.56. The SMILES string of the molecule is C=C(CN)CSc1ccccc1. The maximum atomic E-state index is 5.42. The van der Waals surface area contributed by atoms with Gasteiger partial charge in [0, 0.05) is 17.2 Å². The van der Waals surface area contributed by atoms with Gasteiger partial charge in [-0.15, -0.1) is 11.8 Å². The van der Waals surface area contributed by atoms with Crippen LogP contribution in [-0.2, 0) is 0 Å². The molecule has 0 aliphatic rings. The fourth-order valence-electron chi connectivity index (χ4n) is 0.761. The van der Waals surface area contributed by atoms with Gasteiger partial charge in [0.1, 0.15) is 0 Å². The zero-order valence-electron chi connectivity index (χ0n) is 6.99. The Hall–Kier alpha value is -0.730. The highest BCUT2D eigenvalue weighted by atomic mass is 32.2. The average molecular weight is 179 g/mol. The molecule has 1 aromatic rings. The summed E-state index contributed by atoms with van der Waals surface area (Å²) in [4.78, 5) is 1.27. The summed E-state index contributed by atoms with van der Waals surface area (Å²) in [5.74, 6) is 0.917. The third-order valence-electron chi connectivity index (χ3n) is 1.47. The van der Waals surface area contributed by atoms with Crippen LogP contribution in [0, 0.1) is 0 Å². The number of thioether (sulfide) groups is 1. The minimum Gasteiger partial charge on any atom is -0.327 e. The van der Waals surface area contributed by atoms with Crippen molar-refractivity contribution >= 4 is 11.8 Å². The van der Waals surface area contributed by atoms with Crippen molar-refractivity contribution in [1.29, 1.82) is 0 Å². The van der Waals surface area contributed by atoms with E-state index in [9.17, 15) is 0 Å². The summed E-state index contributed by atoms with van der Waals surface area (Å²) in [6.45, 7) is 4.43. The Balaban J connectivity index is 2.38. The van der Waals surface area contributed by atoms with Gasteiger partial charge >= 0.3 is 0 Å². The Morgan fingerprint density at radius 2 is 2.00 bits per heavy atom. The van der Waals surface area contributed by atoms with E-state index in [0.717, 1.165) is 11.3 Å². The molecule has 0 saturated heterocycles. The van der Waals surface area contributed by atoms with Crippen molar-refractivity contribution < 1.29 is 0 Å². The van der Waals surface area contributed by atoms with E-state index < -0.39 is 0 Å². The third-order valence-corrected chi connectivity index (χ3v) is 2.63. The first-order valence-electron chi connectivity index (χ1n) is 3.87. The van der Waals surface area contributed by atoms with Crippen molar-refractivity contribution in [2.24, 2.45) is 5.73 Å². The van der Waals surface area contributed by atoms with Gasteiger partial charge in [0.15, 0.2) is 0 Å². The van der Waals surface area contributed by atoms with Gasteiger partial charge in [0.25, 0.3) is 0 Å². The monoisotopic (exact) mass is 179 g/mol. The van der Waals surface area contributed by atoms with E-state index in [-0.39, 0.29) is 0 Å². The van der Waals surface area contributed by atoms with Crippen molar-refractivity contribution in [1.82, 2.24) is 0 Å². The van der Waals surface area contributed by atoms with E-state index in [1.165, 1.54) is 4.90 Å². The molecule has 0 heterocycles. The number of hydrogen-bond acceptors (Lipinski definition) is 2. The van der Waals surface area contributed by atoms with E-state index >= 15 is 0 Å². The molecular formula is C10H13NS. The van der Waals surface area contributed by atoms with Crippen LogP contribution in [0.1, 0.15) is 0 Å².